The van der Waals surface area contributed by atoms with Crippen molar-refractivity contribution in [3.8, 4) is 11.5 Å². The molecule has 0 bridgehead atoms. The van der Waals surface area contributed by atoms with E-state index in [-0.39, 0.29) is 11.9 Å². The number of ether oxygens (including phenoxy) is 1. The Morgan fingerprint density at radius 2 is 2.21 bits per heavy atom. The maximum atomic E-state index is 9.90. The van der Waals surface area contributed by atoms with Crippen molar-refractivity contribution in [1.82, 2.24) is 0 Å². The topological polar surface area (TPSA) is 55.5 Å². The molecule has 1 aliphatic carbocycles. The van der Waals surface area contributed by atoms with Gasteiger partial charge in [0.15, 0.2) is 11.5 Å². The zero-order chi connectivity index (χ0) is 13.9. The third-order valence-corrected chi connectivity index (χ3v) is 3.91. The van der Waals surface area contributed by atoms with Crippen LogP contribution in [0.5, 0.6) is 11.5 Å². The van der Waals surface area contributed by atoms with Gasteiger partial charge in [0.1, 0.15) is 0 Å². The highest BCUT2D eigenvalue weighted by molar-refractivity contribution is 5.42. The number of aromatic hydroxyl groups is 1. The third-order valence-electron chi connectivity index (χ3n) is 3.91. The van der Waals surface area contributed by atoms with E-state index in [1.54, 1.807) is 6.07 Å². The van der Waals surface area contributed by atoms with Crippen LogP contribution in [0.1, 0.15) is 45.1 Å². The average Bonchev–Trinajstić information content (AvgIpc) is 2.70. The summed E-state index contributed by atoms with van der Waals surface area (Å²) in [6.07, 6.45) is 5.43. The second kappa shape index (κ2) is 5.83. The van der Waals surface area contributed by atoms with Crippen LogP contribution in [-0.4, -0.2) is 17.8 Å². The van der Waals surface area contributed by atoms with Gasteiger partial charge in [-0.1, -0.05) is 19.9 Å². The van der Waals surface area contributed by atoms with Gasteiger partial charge in [0.2, 0.25) is 0 Å². The van der Waals surface area contributed by atoms with E-state index in [4.69, 9.17) is 10.5 Å². The van der Waals surface area contributed by atoms with Crippen molar-refractivity contribution in [2.24, 2.45) is 11.1 Å². The monoisotopic (exact) mass is 263 g/mol. The van der Waals surface area contributed by atoms with Gasteiger partial charge < -0.3 is 15.6 Å². The van der Waals surface area contributed by atoms with E-state index in [1.165, 1.54) is 12.0 Å². The molecule has 1 atom stereocenters. The third kappa shape index (κ3) is 3.87. The highest BCUT2D eigenvalue weighted by Gasteiger charge is 2.32. The minimum atomic E-state index is 0.227. The summed E-state index contributed by atoms with van der Waals surface area (Å²) in [6.45, 7) is 5.23. The predicted molar refractivity (Wildman–Crippen MR) is 77.5 cm³/mol. The number of hydrogen-bond donors (Lipinski definition) is 2. The molecule has 0 aliphatic heterocycles. The lowest BCUT2D eigenvalue weighted by atomic mass is 9.92. The molecule has 0 spiro atoms. The van der Waals surface area contributed by atoms with Crippen LogP contribution < -0.4 is 10.5 Å². The fourth-order valence-electron chi connectivity index (χ4n) is 2.77. The minimum absolute atomic E-state index is 0.227. The molecule has 1 unspecified atom stereocenters. The lowest BCUT2D eigenvalue weighted by molar-refractivity contribution is 0.186. The van der Waals surface area contributed by atoms with E-state index in [0.717, 1.165) is 25.7 Å². The quantitative estimate of drug-likeness (QED) is 0.857. The van der Waals surface area contributed by atoms with Gasteiger partial charge in [-0.15, -0.1) is 0 Å². The molecule has 1 fully saturated rings. The number of phenols is 1. The maximum absolute atomic E-state index is 9.90. The van der Waals surface area contributed by atoms with Crippen LogP contribution in [0.15, 0.2) is 18.2 Å². The van der Waals surface area contributed by atoms with Crippen LogP contribution in [-0.2, 0) is 6.42 Å². The molecule has 3 N–H and O–H groups in total. The van der Waals surface area contributed by atoms with Gasteiger partial charge in [0, 0.05) is 0 Å². The number of rotatable bonds is 5. The Morgan fingerprint density at radius 3 is 2.84 bits per heavy atom. The van der Waals surface area contributed by atoms with Crippen LogP contribution >= 0.6 is 0 Å². The molecule has 0 radical (unpaired) electrons. The summed E-state index contributed by atoms with van der Waals surface area (Å²) in [4.78, 5) is 0. The molecule has 0 saturated heterocycles. The van der Waals surface area contributed by atoms with Gasteiger partial charge in [-0.25, -0.2) is 0 Å². The predicted octanol–water partition coefficient (Wildman–Crippen LogP) is 3.24. The molecule has 1 saturated carbocycles. The Bertz CT molecular complexity index is 429. The average molecular weight is 263 g/mol. The Balaban J connectivity index is 2.03. The fraction of sp³-hybridized carbons (Fsp3) is 0.625. The summed E-state index contributed by atoms with van der Waals surface area (Å²) < 4.78 is 5.98. The lowest BCUT2D eigenvalue weighted by Crippen LogP contribution is -2.15. The molecule has 1 aromatic rings. The number of nitrogens with two attached hydrogens (primary N) is 1. The molecule has 3 heteroatoms. The van der Waals surface area contributed by atoms with E-state index < -0.39 is 0 Å². The molecular formula is C16H25NO2. The van der Waals surface area contributed by atoms with Gasteiger partial charge >= 0.3 is 0 Å². The molecule has 3 nitrogen and oxygen atoms in total. The van der Waals surface area contributed by atoms with Crippen LogP contribution in [0.25, 0.3) is 0 Å². The van der Waals surface area contributed by atoms with Crippen LogP contribution in [0, 0.1) is 5.41 Å². The summed E-state index contributed by atoms with van der Waals surface area (Å²) in [5.41, 5.74) is 7.06. The first kappa shape index (κ1) is 14.2. The lowest BCUT2D eigenvalue weighted by Gasteiger charge is -2.19. The summed E-state index contributed by atoms with van der Waals surface area (Å²) in [5.74, 6) is 0.860. The van der Waals surface area contributed by atoms with Crippen LogP contribution in [0.2, 0.25) is 0 Å². The SMILES string of the molecule is CC1(C)CCC(Oc2cc(CCCN)ccc2O)C1. The van der Waals surface area contributed by atoms with E-state index >= 15 is 0 Å². The Kier molecular flexibility index (Phi) is 4.35. The smallest absolute Gasteiger partial charge is 0.161 e. The van der Waals surface area contributed by atoms with Crippen molar-refractivity contribution in [3.63, 3.8) is 0 Å². The summed E-state index contributed by atoms with van der Waals surface area (Å²) >= 11 is 0. The second-order valence-electron chi connectivity index (χ2n) is 6.34. The Morgan fingerprint density at radius 1 is 1.42 bits per heavy atom. The van der Waals surface area contributed by atoms with Gasteiger partial charge in [-0.3, -0.25) is 0 Å². The van der Waals surface area contributed by atoms with Crippen LogP contribution in [0.3, 0.4) is 0 Å². The minimum Gasteiger partial charge on any atom is -0.504 e. The molecule has 1 aromatic carbocycles. The van der Waals surface area contributed by atoms with Crippen LogP contribution in [0.4, 0.5) is 0 Å². The molecule has 2 rings (SSSR count). The molecular weight excluding hydrogens is 238 g/mol. The highest BCUT2D eigenvalue weighted by atomic mass is 16.5. The normalized spacial score (nSPS) is 21.5. The van der Waals surface area contributed by atoms with Crippen molar-refractivity contribution in [2.45, 2.75) is 52.1 Å². The van der Waals surface area contributed by atoms with Crippen molar-refractivity contribution in [1.29, 1.82) is 0 Å². The molecule has 106 valence electrons. The summed E-state index contributed by atoms with van der Waals surface area (Å²) in [6, 6.07) is 5.62. The fourth-order valence-corrected chi connectivity index (χ4v) is 2.77. The second-order valence-corrected chi connectivity index (χ2v) is 6.34. The zero-order valence-corrected chi connectivity index (χ0v) is 12.0. The number of benzene rings is 1. The Labute approximate surface area is 115 Å². The largest absolute Gasteiger partial charge is 0.504 e. The molecule has 0 amide bonds. The van der Waals surface area contributed by atoms with Crippen molar-refractivity contribution >= 4 is 0 Å². The molecule has 0 aromatic heterocycles. The zero-order valence-electron chi connectivity index (χ0n) is 12.0. The van der Waals surface area contributed by atoms with E-state index in [0.29, 0.717) is 17.7 Å². The van der Waals surface area contributed by atoms with Crippen molar-refractivity contribution in [3.05, 3.63) is 23.8 Å². The molecule has 0 heterocycles. The van der Waals surface area contributed by atoms with E-state index in [2.05, 4.69) is 13.8 Å². The first-order valence-electron chi connectivity index (χ1n) is 7.19. The number of phenolic OH excluding ortho intramolecular Hbond substituents is 1. The van der Waals surface area contributed by atoms with Gasteiger partial charge in [-0.2, -0.15) is 0 Å². The first-order chi connectivity index (χ1) is 9.00. The standard InChI is InChI=1S/C16H25NO2/c1-16(2)8-7-13(11-16)19-15-10-12(4-3-9-17)5-6-14(15)18/h5-6,10,13,18H,3-4,7-9,11,17H2,1-2H3. The van der Waals surface area contributed by atoms with E-state index in [9.17, 15) is 5.11 Å². The molecule has 1 aliphatic rings. The Hall–Kier alpha value is -1.22. The summed E-state index contributed by atoms with van der Waals surface area (Å²) in [5, 5.41) is 9.90. The van der Waals surface area contributed by atoms with Gasteiger partial charge in [0.05, 0.1) is 6.10 Å². The van der Waals surface area contributed by atoms with E-state index in [1.807, 2.05) is 12.1 Å². The maximum Gasteiger partial charge on any atom is 0.161 e. The first-order valence-corrected chi connectivity index (χ1v) is 7.19. The number of hydrogen-bond acceptors (Lipinski definition) is 3. The highest BCUT2D eigenvalue weighted by Crippen LogP contribution is 2.40. The van der Waals surface area contributed by atoms with Crippen molar-refractivity contribution in [2.75, 3.05) is 6.54 Å². The van der Waals surface area contributed by atoms with Gasteiger partial charge in [0.25, 0.3) is 0 Å². The molecule has 19 heavy (non-hydrogen) atoms. The van der Waals surface area contributed by atoms with Crippen molar-refractivity contribution < 1.29 is 9.84 Å². The summed E-state index contributed by atoms with van der Waals surface area (Å²) in [7, 11) is 0. The number of aryl methyl sites for hydroxylation is 1. The van der Waals surface area contributed by atoms with Gasteiger partial charge in [-0.05, 0) is 61.8 Å².